The third kappa shape index (κ3) is 2.83. The number of aryl methyl sites for hydroxylation is 1. The lowest BCUT2D eigenvalue weighted by Gasteiger charge is -2.23. The van der Waals surface area contributed by atoms with Gasteiger partial charge >= 0.3 is 0 Å². The van der Waals surface area contributed by atoms with Crippen molar-refractivity contribution in [3.8, 4) is 0 Å². The van der Waals surface area contributed by atoms with Gasteiger partial charge in [-0.1, -0.05) is 0 Å². The van der Waals surface area contributed by atoms with Gasteiger partial charge in [0.15, 0.2) is 0 Å². The number of benzene rings is 1. The first-order valence-corrected chi connectivity index (χ1v) is 6.61. The van der Waals surface area contributed by atoms with Crippen molar-refractivity contribution in [2.24, 2.45) is 5.92 Å². The van der Waals surface area contributed by atoms with Crippen LogP contribution in [0, 0.1) is 18.7 Å². The topological polar surface area (TPSA) is 12.0 Å². The van der Waals surface area contributed by atoms with Crippen LogP contribution in [-0.2, 0) is 6.42 Å². The smallest absolute Gasteiger partial charge is 0.137 e. The third-order valence-electron chi connectivity index (χ3n) is 3.29. The van der Waals surface area contributed by atoms with Crippen LogP contribution in [0.5, 0.6) is 0 Å². The molecule has 1 aliphatic rings. The van der Waals surface area contributed by atoms with E-state index in [9.17, 15) is 4.39 Å². The minimum Gasteiger partial charge on any atom is -0.316 e. The predicted octanol–water partition coefficient (Wildman–Crippen LogP) is 3.44. The maximum Gasteiger partial charge on any atom is 0.137 e. The van der Waals surface area contributed by atoms with Gasteiger partial charge in [-0.05, 0) is 84.4 Å². The molecule has 16 heavy (non-hydrogen) atoms. The van der Waals surface area contributed by atoms with E-state index in [4.69, 9.17) is 0 Å². The molecule has 0 spiro atoms. The highest BCUT2D eigenvalue weighted by molar-refractivity contribution is 9.10. The van der Waals surface area contributed by atoms with E-state index in [1.54, 1.807) is 6.07 Å². The number of hydrogen-bond donors (Lipinski definition) is 1. The molecule has 2 rings (SSSR count). The molecular weight excluding hydrogens is 269 g/mol. The van der Waals surface area contributed by atoms with Crippen LogP contribution in [0.15, 0.2) is 16.6 Å². The minimum atomic E-state index is -0.164. The van der Waals surface area contributed by atoms with Gasteiger partial charge < -0.3 is 5.32 Å². The molecule has 1 saturated heterocycles. The fourth-order valence-electron chi connectivity index (χ4n) is 2.32. The van der Waals surface area contributed by atoms with Crippen LogP contribution in [0.2, 0.25) is 0 Å². The molecule has 0 saturated carbocycles. The van der Waals surface area contributed by atoms with Crippen LogP contribution in [0.1, 0.15) is 24.0 Å². The molecule has 0 radical (unpaired) electrons. The standard InChI is InChI=1S/C13H17BrFN/c1-9-5-13(15)12(14)7-11(9)6-10-3-2-4-16-8-10/h5,7,10,16H,2-4,6,8H2,1H3. The summed E-state index contributed by atoms with van der Waals surface area (Å²) in [7, 11) is 0. The molecule has 1 aliphatic heterocycles. The Balaban J connectivity index is 2.11. The van der Waals surface area contributed by atoms with Crippen LogP contribution in [-0.4, -0.2) is 13.1 Å². The Morgan fingerprint density at radius 2 is 2.31 bits per heavy atom. The zero-order valence-electron chi connectivity index (χ0n) is 9.52. The molecule has 0 bridgehead atoms. The SMILES string of the molecule is Cc1cc(F)c(Br)cc1CC1CCCNC1. The van der Waals surface area contributed by atoms with Gasteiger partial charge in [0.25, 0.3) is 0 Å². The van der Waals surface area contributed by atoms with Crippen LogP contribution in [0.4, 0.5) is 4.39 Å². The van der Waals surface area contributed by atoms with Gasteiger partial charge in [-0.15, -0.1) is 0 Å². The summed E-state index contributed by atoms with van der Waals surface area (Å²) in [6, 6.07) is 3.55. The molecule has 1 aromatic carbocycles. The molecule has 3 heteroatoms. The van der Waals surface area contributed by atoms with E-state index in [1.807, 2.05) is 13.0 Å². The second-order valence-electron chi connectivity index (χ2n) is 4.61. The van der Waals surface area contributed by atoms with Gasteiger partial charge in [-0.25, -0.2) is 4.39 Å². The first-order chi connectivity index (χ1) is 7.66. The van der Waals surface area contributed by atoms with Crippen LogP contribution < -0.4 is 5.32 Å². The Bertz CT molecular complexity index is 372. The van der Waals surface area contributed by atoms with E-state index >= 15 is 0 Å². The predicted molar refractivity (Wildman–Crippen MR) is 68.1 cm³/mol. The first kappa shape index (κ1) is 12.1. The first-order valence-electron chi connectivity index (χ1n) is 5.82. The van der Waals surface area contributed by atoms with E-state index in [2.05, 4.69) is 21.2 Å². The molecule has 0 amide bonds. The van der Waals surface area contributed by atoms with Gasteiger partial charge in [0.2, 0.25) is 0 Å². The molecule has 1 atom stereocenters. The number of halogens is 2. The van der Waals surface area contributed by atoms with E-state index in [1.165, 1.54) is 18.4 Å². The van der Waals surface area contributed by atoms with Crippen LogP contribution in [0.25, 0.3) is 0 Å². The Hall–Kier alpha value is -0.410. The average Bonchev–Trinajstić information content (AvgIpc) is 2.27. The van der Waals surface area contributed by atoms with Gasteiger partial charge in [0, 0.05) is 0 Å². The van der Waals surface area contributed by atoms with E-state index in [-0.39, 0.29) is 5.82 Å². The molecule has 1 heterocycles. The second kappa shape index (κ2) is 5.28. The Kier molecular flexibility index (Phi) is 3.98. The normalized spacial score (nSPS) is 21.1. The summed E-state index contributed by atoms with van der Waals surface area (Å²) >= 11 is 3.25. The summed E-state index contributed by atoms with van der Waals surface area (Å²) in [6.07, 6.45) is 3.59. The van der Waals surface area contributed by atoms with Crippen LogP contribution >= 0.6 is 15.9 Å². The maximum absolute atomic E-state index is 13.3. The molecular formula is C13H17BrFN. The highest BCUT2D eigenvalue weighted by atomic mass is 79.9. The van der Waals surface area contributed by atoms with Gasteiger partial charge in [-0.2, -0.15) is 0 Å². The third-order valence-corrected chi connectivity index (χ3v) is 3.89. The second-order valence-corrected chi connectivity index (χ2v) is 5.46. The average molecular weight is 286 g/mol. The number of rotatable bonds is 2. The van der Waals surface area contributed by atoms with Gasteiger partial charge in [0.05, 0.1) is 4.47 Å². The summed E-state index contributed by atoms with van der Waals surface area (Å²) in [4.78, 5) is 0. The van der Waals surface area contributed by atoms with Gasteiger partial charge in [0.1, 0.15) is 5.82 Å². The number of piperidine rings is 1. The lowest BCUT2D eigenvalue weighted by molar-refractivity contribution is 0.375. The molecule has 1 unspecified atom stereocenters. The molecule has 88 valence electrons. The fraction of sp³-hybridized carbons (Fsp3) is 0.538. The van der Waals surface area contributed by atoms with Crippen molar-refractivity contribution in [3.05, 3.63) is 33.5 Å². The van der Waals surface area contributed by atoms with E-state index < -0.39 is 0 Å². The molecule has 1 N–H and O–H groups in total. The molecule has 1 nitrogen and oxygen atoms in total. The van der Waals surface area contributed by atoms with Gasteiger partial charge in [-0.3, -0.25) is 0 Å². The summed E-state index contributed by atoms with van der Waals surface area (Å²) in [5.41, 5.74) is 2.33. The number of nitrogens with one attached hydrogen (secondary N) is 1. The summed E-state index contributed by atoms with van der Waals surface area (Å²) in [6.45, 7) is 4.22. The van der Waals surface area contributed by atoms with Crippen molar-refractivity contribution < 1.29 is 4.39 Å². The summed E-state index contributed by atoms with van der Waals surface area (Å²) in [5, 5.41) is 3.41. The highest BCUT2D eigenvalue weighted by Crippen LogP contribution is 2.24. The minimum absolute atomic E-state index is 0.164. The summed E-state index contributed by atoms with van der Waals surface area (Å²) in [5.74, 6) is 0.535. The number of hydrogen-bond acceptors (Lipinski definition) is 1. The highest BCUT2D eigenvalue weighted by Gasteiger charge is 2.15. The zero-order chi connectivity index (χ0) is 11.5. The fourth-order valence-corrected chi connectivity index (χ4v) is 2.71. The summed E-state index contributed by atoms with van der Waals surface area (Å²) < 4.78 is 13.9. The van der Waals surface area contributed by atoms with Crippen LogP contribution in [0.3, 0.4) is 0 Å². The van der Waals surface area contributed by atoms with Crippen molar-refractivity contribution in [1.29, 1.82) is 0 Å². The zero-order valence-corrected chi connectivity index (χ0v) is 11.1. The van der Waals surface area contributed by atoms with Crippen molar-refractivity contribution >= 4 is 15.9 Å². The molecule has 0 aliphatic carbocycles. The van der Waals surface area contributed by atoms with Crippen molar-refractivity contribution in [2.45, 2.75) is 26.2 Å². The molecule has 1 aromatic rings. The van der Waals surface area contributed by atoms with Crippen molar-refractivity contribution in [1.82, 2.24) is 5.32 Å². The lowest BCUT2D eigenvalue weighted by atomic mass is 9.90. The maximum atomic E-state index is 13.3. The lowest BCUT2D eigenvalue weighted by Crippen LogP contribution is -2.31. The van der Waals surface area contributed by atoms with E-state index in [0.717, 1.165) is 25.1 Å². The van der Waals surface area contributed by atoms with Crippen molar-refractivity contribution in [2.75, 3.05) is 13.1 Å². The Morgan fingerprint density at radius 1 is 1.50 bits per heavy atom. The quantitative estimate of drug-likeness (QED) is 0.878. The Morgan fingerprint density at radius 3 is 3.00 bits per heavy atom. The Labute approximate surface area is 105 Å². The van der Waals surface area contributed by atoms with E-state index in [0.29, 0.717) is 10.4 Å². The molecule has 1 fully saturated rings. The monoisotopic (exact) mass is 285 g/mol. The van der Waals surface area contributed by atoms with Crippen molar-refractivity contribution in [3.63, 3.8) is 0 Å². The largest absolute Gasteiger partial charge is 0.316 e. The molecule has 0 aromatic heterocycles.